The molecule has 0 spiro atoms. The van der Waals surface area contributed by atoms with Gasteiger partial charge < -0.3 is 0 Å². The van der Waals surface area contributed by atoms with Crippen LogP contribution >= 0.6 is 0 Å². The second-order valence-corrected chi connectivity index (χ2v) is 3.64. The number of rotatable bonds is 2. The van der Waals surface area contributed by atoms with E-state index in [4.69, 9.17) is 5.14 Å². The maximum Gasteiger partial charge on any atom is 0.214 e. The molecule has 0 aliphatic rings. The topological polar surface area (TPSA) is 85.9 Å². The monoisotopic (exact) mass is 173 g/mol. The highest BCUT2D eigenvalue weighted by Gasteiger charge is 2.04. The van der Waals surface area contributed by atoms with Crippen LogP contribution in [0.3, 0.4) is 0 Å². The van der Waals surface area contributed by atoms with E-state index in [-0.39, 0.29) is 5.75 Å². The van der Waals surface area contributed by atoms with Gasteiger partial charge in [0.25, 0.3) is 0 Å². The number of primary sulfonamides is 1. The van der Waals surface area contributed by atoms with Crippen molar-refractivity contribution in [1.82, 2.24) is 10.2 Å². The third-order valence-corrected chi connectivity index (χ3v) is 1.67. The smallest absolute Gasteiger partial charge is 0.214 e. The van der Waals surface area contributed by atoms with Gasteiger partial charge in [-0.2, -0.15) is 10.2 Å². The number of sulfonamides is 1. The van der Waals surface area contributed by atoms with Crippen LogP contribution < -0.4 is 5.14 Å². The van der Waals surface area contributed by atoms with Crippen molar-refractivity contribution >= 4 is 10.0 Å². The fraction of sp³-hybridized carbons (Fsp3) is 0.200. The highest BCUT2D eigenvalue weighted by molar-refractivity contribution is 7.88. The average Bonchev–Trinajstić information content (AvgIpc) is 1.85. The average molecular weight is 173 g/mol. The van der Waals surface area contributed by atoms with Crippen molar-refractivity contribution in [2.45, 2.75) is 5.75 Å². The summed E-state index contributed by atoms with van der Waals surface area (Å²) in [7, 11) is -3.48. The van der Waals surface area contributed by atoms with E-state index < -0.39 is 10.0 Å². The third-order valence-electron chi connectivity index (χ3n) is 0.977. The molecule has 0 saturated carbocycles. The fourth-order valence-corrected chi connectivity index (χ4v) is 1.18. The van der Waals surface area contributed by atoms with E-state index in [1.165, 1.54) is 6.20 Å². The maximum absolute atomic E-state index is 10.5. The first-order chi connectivity index (χ1) is 5.08. The third kappa shape index (κ3) is 3.06. The number of nitrogens with two attached hydrogens (primary N) is 1. The van der Waals surface area contributed by atoms with Gasteiger partial charge in [0.15, 0.2) is 0 Å². The van der Waals surface area contributed by atoms with Crippen LogP contribution in [0.2, 0.25) is 0 Å². The summed E-state index contributed by atoms with van der Waals surface area (Å²) < 4.78 is 21.0. The molecule has 5 nitrogen and oxygen atoms in total. The standard InChI is InChI=1S/C5H7N3O2S/c6-11(9,10)4-5-2-1-3-7-8-5/h1-3H,4H2,(H2,6,9,10). The Morgan fingerprint density at radius 3 is 2.73 bits per heavy atom. The number of hydrogen-bond acceptors (Lipinski definition) is 4. The van der Waals surface area contributed by atoms with E-state index in [1.807, 2.05) is 0 Å². The lowest BCUT2D eigenvalue weighted by Gasteiger charge is -1.94. The van der Waals surface area contributed by atoms with Gasteiger partial charge in [0.05, 0.1) is 5.69 Å². The Labute approximate surface area is 64.3 Å². The predicted molar refractivity (Wildman–Crippen MR) is 38.8 cm³/mol. The lowest BCUT2D eigenvalue weighted by atomic mass is 10.4. The Hall–Kier alpha value is -1.01. The molecule has 0 bridgehead atoms. The Balaban J connectivity index is 2.82. The minimum atomic E-state index is -3.48. The summed E-state index contributed by atoms with van der Waals surface area (Å²) in [5, 5.41) is 11.8. The Morgan fingerprint density at radius 1 is 1.55 bits per heavy atom. The van der Waals surface area contributed by atoms with Crippen molar-refractivity contribution in [3.05, 3.63) is 24.0 Å². The Bertz CT molecular complexity index is 321. The Morgan fingerprint density at radius 2 is 2.27 bits per heavy atom. The molecular formula is C5H7N3O2S. The van der Waals surface area contributed by atoms with E-state index in [1.54, 1.807) is 12.1 Å². The van der Waals surface area contributed by atoms with Crippen LogP contribution in [0.15, 0.2) is 18.3 Å². The first kappa shape index (κ1) is 8.09. The lowest BCUT2D eigenvalue weighted by molar-refractivity contribution is 0.596. The fourth-order valence-electron chi connectivity index (χ4n) is 0.617. The summed E-state index contributed by atoms with van der Waals surface area (Å²) >= 11 is 0. The van der Waals surface area contributed by atoms with Gasteiger partial charge in [-0.05, 0) is 12.1 Å². The van der Waals surface area contributed by atoms with E-state index in [9.17, 15) is 8.42 Å². The number of hydrogen-bond donors (Lipinski definition) is 1. The van der Waals surface area contributed by atoms with Crippen LogP contribution in [0.5, 0.6) is 0 Å². The predicted octanol–water partition coefficient (Wildman–Crippen LogP) is -0.735. The van der Waals surface area contributed by atoms with Gasteiger partial charge in [-0.1, -0.05) is 0 Å². The zero-order valence-electron chi connectivity index (χ0n) is 5.64. The molecular weight excluding hydrogens is 166 g/mol. The molecule has 0 atom stereocenters. The number of nitrogens with zero attached hydrogens (tertiary/aromatic N) is 2. The molecule has 0 aliphatic heterocycles. The van der Waals surface area contributed by atoms with Crippen LogP contribution in [0.25, 0.3) is 0 Å². The summed E-state index contributed by atoms with van der Waals surface area (Å²) in [6.45, 7) is 0. The van der Waals surface area contributed by atoms with Crippen molar-refractivity contribution in [1.29, 1.82) is 0 Å². The second kappa shape index (κ2) is 2.93. The van der Waals surface area contributed by atoms with Gasteiger partial charge >= 0.3 is 0 Å². The minimum absolute atomic E-state index is 0.263. The molecule has 0 aliphatic carbocycles. The molecule has 6 heteroatoms. The molecule has 0 aromatic carbocycles. The lowest BCUT2D eigenvalue weighted by Crippen LogP contribution is -2.15. The van der Waals surface area contributed by atoms with Crippen molar-refractivity contribution in [3.8, 4) is 0 Å². The van der Waals surface area contributed by atoms with Crippen molar-refractivity contribution in [2.75, 3.05) is 0 Å². The summed E-state index contributed by atoms with van der Waals surface area (Å²) in [5.74, 6) is -0.263. The summed E-state index contributed by atoms with van der Waals surface area (Å²) in [4.78, 5) is 0. The van der Waals surface area contributed by atoms with Gasteiger partial charge in [0.2, 0.25) is 10.0 Å². The highest BCUT2D eigenvalue weighted by Crippen LogP contribution is 1.95. The van der Waals surface area contributed by atoms with Crippen LogP contribution in [0.1, 0.15) is 5.69 Å². The molecule has 2 N–H and O–H groups in total. The van der Waals surface area contributed by atoms with Gasteiger partial charge in [0, 0.05) is 6.20 Å². The molecule has 60 valence electrons. The zero-order valence-corrected chi connectivity index (χ0v) is 6.45. The van der Waals surface area contributed by atoms with Crippen molar-refractivity contribution in [3.63, 3.8) is 0 Å². The second-order valence-electron chi connectivity index (χ2n) is 2.02. The van der Waals surface area contributed by atoms with Gasteiger partial charge in [0.1, 0.15) is 5.75 Å². The molecule has 1 aromatic rings. The minimum Gasteiger partial charge on any atom is -0.228 e. The summed E-state index contributed by atoms with van der Waals surface area (Å²) in [6, 6.07) is 3.16. The molecule has 0 saturated heterocycles. The largest absolute Gasteiger partial charge is 0.228 e. The molecule has 0 unspecified atom stereocenters. The van der Waals surface area contributed by atoms with Crippen molar-refractivity contribution in [2.24, 2.45) is 5.14 Å². The molecule has 1 aromatic heterocycles. The van der Waals surface area contributed by atoms with Crippen LogP contribution in [-0.2, 0) is 15.8 Å². The van der Waals surface area contributed by atoms with Crippen LogP contribution in [0.4, 0.5) is 0 Å². The molecule has 1 rings (SSSR count). The van der Waals surface area contributed by atoms with Gasteiger partial charge in [-0.15, -0.1) is 0 Å². The first-order valence-corrected chi connectivity index (χ1v) is 4.56. The maximum atomic E-state index is 10.5. The molecule has 0 radical (unpaired) electrons. The summed E-state index contributed by atoms with van der Waals surface area (Å²) in [6.07, 6.45) is 1.46. The van der Waals surface area contributed by atoms with E-state index in [0.29, 0.717) is 5.69 Å². The normalized spacial score (nSPS) is 11.4. The molecule has 0 amide bonds. The SMILES string of the molecule is NS(=O)(=O)Cc1cccnn1. The highest BCUT2D eigenvalue weighted by atomic mass is 32.2. The Kier molecular flexibility index (Phi) is 2.16. The quantitative estimate of drug-likeness (QED) is 0.638. The van der Waals surface area contributed by atoms with Gasteiger partial charge in [-0.3, -0.25) is 0 Å². The van der Waals surface area contributed by atoms with Crippen LogP contribution in [-0.4, -0.2) is 18.6 Å². The molecule has 11 heavy (non-hydrogen) atoms. The first-order valence-electron chi connectivity index (χ1n) is 2.85. The zero-order chi connectivity index (χ0) is 8.32. The van der Waals surface area contributed by atoms with E-state index in [0.717, 1.165) is 0 Å². The molecule has 1 heterocycles. The molecule has 0 fully saturated rings. The van der Waals surface area contributed by atoms with Gasteiger partial charge in [-0.25, -0.2) is 13.6 Å². The van der Waals surface area contributed by atoms with Crippen molar-refractivity contribution < 1.29 is 8.42 Å². The number of aromatic nitrogens is 2. The van der Waals surface area contributed by atoms with E-state index in [2.05, 4.69) is 10.2 Å². The van der Waals surface area contributed by atoms with E-state index >= 15 is 0 Å². The van der Waals surface area contributed by atoms with Crippen LogP contribution in [0, 0.1) is 0 Å². The summed E-state index contributed by atoms with van der Waals surface area (Å²) in [5.41, 5.74) is 0.356.